The van der Waals surface area contributed by atoms with Gasteiger partial charge in [-0.3, -0.25) is 9.36 Å². The molecule has 3 rings (SSSR count). The molecule has 0 aliphatic carbocycles. The van der Waals surface area contributed by atoms with Gasteiger partial charge in [0.25, 0.3) is 5.56 Å². The lowest BCUT2D eigenvalue weighted by molar-refractivity contribution is -0.201. The van der Waals surface area contributed by atoms with Crippen LogP contribution in [0.5, 0.6) is 0 Å². The monoisotopic (exact) mass is 340 g/mol. The normalized spacial score (nSPS) is 31.0. The van der Waals surface area contributed by atoms with Crippen LogP contribution in [0, 0.1) is 0 Å². The van der Waals surface area contributed by atoms with Gasteiger partial charge in [0.15, 0.2) is 12.0 Å². The number of hydrogen-bond donors (Lipinski definition) is 0. The molecule has 2 aliphatic rings. The van der Waals surface area contributed by atoms with Gasteiger partial charge >= 0.3 is 5.97 Å². The number of fused-ring (bicyclic) bond motifs is 1. The summed E-state index contributed by atoms with van der Waals surface area (Å²) in [7, 11) is 2.74. The fraction of sp³-hybridized carbons (Fsp3) is 0.667. The van der Waals surface area contributed by atoms with Gasteiger partial charge in [-0.15, -0.1) is 0 Å². The van der Waals surface area contributed by atoms with Crippen LogP contribution in [0.2, 0.25) is 0 Å². The minimum absolute atomic E-state index is 0.292. The number of nitrogens with zero attached hydrogens (tertiary/aromatic N) is 2. The number of rotatable bonds is 4. The molecule has 0 saturated carbocycles. The molecule has 24 heavy (non-hydrogen) atoms. The van der Waals surface area contributed by atoms with Crippen molar-refractivity contribution in [2.24, 2.45) is 0 Å². The molecule has 0 amide bonds. The zero-order valence-electron chi connectivity index (χ0n) is 13.9. The van der Waals surface area contributed by atoms with Crippen molar-refractivity contribution in [2.45, 2.75) is 44.2 Å². The molecule has 132 valence electrons. The van der Waals surface area contributed by atoms with Crippen molar-refractivity contribution in [3.63, 3.8) is 0 Å². The second-order valence-corrected chi connectivity index (χ2v) is 6.07. The molecule has 0 N–H and O–H groups in total. The van der Waals surface area contributed by atoms with E-state index in [1.165, 1.54) is 24.1 Å². The van der Waals surface area contributed by atoms with Crippen LogP contribution in [0.3, 0.4) is 0 Å². The summed E-state index contributed by atoms with van der Waals surface area (Å²) in [6.07, 6.45) is 0.748. The highest BCUT2D eigenvalue weighted by Gasteiger charge is 2.56. The maximum absolute atomic E-state index is 12.6. The Hall–Kier alpha value is -1.81. The first-order valence-electron chi connectivity index (χ1n) is 7.53. The van der Waals surface area contributed by atoms with Gasteiger partial charge in [-0.05, 0) is 13.8 Å². The molecule has 0 radical (unpaired) electrons. The highest BCUT2D eigenvalue weighted by Crippen LogP contribution is 2.42. The number of aromatic nitrogens is 2. The maximum Gasteiger partial charge on any atom is 0.362 e. The van der Waals surface area contributed by atoms with Crippen LogP contribution in [-0.2, 0) is 23.7 Å². The van der Waals surface area contributed by atoms with Crippen LogP contribution in [0.15, 0.2) is 17.2 Å². The van der Waals surface area contributed by atoms with E-state index in [0.717, 1.165) is 0 Å². The lowest BCUT2D eigenvalue weighted by Crippen LogP contribution is -2.36. The first-order chi connectivity index (χ1) is 11.4. The summed E-state index contributed by atoms with van der Waals surface area (Å²) in [6.45, 7) is 3.88. The highest BCUT2D eigenvalue weighted by molar-refractivity contribution is 5.86. The molecular weight excluding hydrogens is 320 g/mol. The van der Waals surface area contributed by atoms with Crippen LogP contribution in [0.1, 0.15) is 30.6 Å². The van der Waals surface area contributed by atoms with Crippen LogP contribution in [0.4, 0.5) is 0 Å². The van der Waals surface area contributed by atoms with E-state index in [9.17, 15) is 9.59 Å². The number of carbonyl (C=O) groups excluding carboxylic acids is 1. The van der Waals surface area contributed by atoms with Crippen LogP contribution >= 0.6 is 0 Å². The first kappa shape index (κ1) is 17.0. The second-order valence-electron chi connectivity index (χ2n) is 6.07. The van der Waals surface area contributed by atoms with E-state index >= 15 is 0 Å². The lowest BCUT2D eigenvalue weighted by atomic mass is 10.1. The fourth-order valence-corrected chi connectivity index (χ4v) is 3.04. The van der Waals surface area contributed by atoms with Crippen molar-refractivity contribution in [1.82, 2.24) is 9.55 Å². The molecule has 4 atom stereocenters. The Balaban J connectivity index is 1.97. The number of ether oxygens (including phenoxy) is 5. The Bertz CT molecular complexity index is 687. The van der Waals surface area contributed by atoms with Crippen molar-refractivity contribution in [1.29, 1.82) is 0 Å². The van der Waals surface area contributed by atoms with E-state index < -0.39 is 35.8 Å². The van der Waals surface area contributed by atoms with Gasteiger partial charge < -0.3 is 23.7 Å². The first-order valence-corrected chi connectivity index (χ1v) is 7.53. The van der Waals surface area contributed by atoms with Crippen molar-refractivity contribution >= 4 is 5.97 Å². The molecule has 0 unspecified atom stereocenters. The largest absolute Gasteiger partial charge is 0.464 e. The second kappa shape index (κ2) is 6.25. The predicted octanol–water partition coefficient (Wildman–Crippen LogP) is 0.0938. The summed E-state index contributed by atoms with van der Waals surface area (Å²) in [5.74, 6) is -1.60. The van der Waals surface area contributed by atoms with E-state index in [1.54, 1.807) is 21.0 Å². The van der Waals surface area contributed by atoms with E-state index in [4.69, 9.17) is 18.9 Å². The average Bonchev–Trinajstić information content (AvgIpc) is 3.01. The minimum atomic E-state index is -0.804. The molecule has 1 aromatic rings. The number of hydrogen-bond acceptors (Lipinski definition) is 8. The van der Waals surface area contributed by atoms with E-state index in [1.807, 2.05) is 0 Å². The molecule has 3 heterocycles. The Morgan fingerprint density at radius 1 is 1.33 bits per heavy atom. The standard InChI is InChI=1S/C15H20N2O7/c1-15(2)23-10-8(7-20-3)22-13(11(10)24-15)17-6-5-16-9(12(17)18)14(19)21-4/h5-6,8,10-11,13H,7H2,1-4H3/t8-,10-,11-,13-/m1/s1. The molecule has 1 aromatic heterocycles. The van der Waals surface area contributed by atoms with Gasteiger partial charge in [0.2, 0.25) is 5.69 Å². The summed E-state index contributed by atoms with van der Waals surface area (Å²) in [5, 5.41) is 0. The third kappa shape index (κ3) is 2.84. The Morgan fingerprint density at radius 2 is 2.04 bits per heavy atom. The molecule has 2 fully saturated rings. The molecule has 2 saturated heterocycles. The summed E-state index contributed by atoms with van der Waals surface area (Å²) < 4.78 is 28.7. The van der Waals surface area contributed by atoms with E-state index in [2.05, 4.69) is 9.72 Å². The quantitative estimate of drug-likeness (QED) is 0.712. The number of carbonyl (C=O) groups is 1. The molecular formula is C15H20N2O7. The van der Waals surface area contributed by atoms with Crippen LogP contribution < -0.4 is 5.56 Å². The third-order valence-corrected chi connectivity index (χ3v) is 3.98. The fourth-order valence-electron chi connectivity index (χ4n) is 3.04. The Labute approximate surface area is 138 Å². The molecule has 9 nitrogen and oxygen atoms in total. The van der Waals surface area contributed by atoms with Crippen molar-refractivity contribution in [3.05, 3.63) is 28.4 Å². The van der Waals surface area contributed by atoms with Crippen LogP contribution in [0.25, 0.3) is 0 Å². The minimum Gasteiger partial charge on any atom is -0.464 e. The summed E-state index contributed by atoms with van der Waals surface area (Å²) in [6, 6.07) is 0. The van der Waals surface area contributed by atoms with Crippen molar-refractivity contribution in [3.8, 4) is 0 Å². The zero-order chi connectivity index (χ0) is 17.5. The number of esters is 1. The van der Waals surface area contributed by atoms with Crippen molar-refractivity contribution in [2.75, 3.05) is 20.8 Å². The van der Waals surface area contributed by atoms with E-state index in [0.29, 0.717) is 6.61 Å². The van der Waals surface area contributed by atoms with Gasteiger partial charge in [-0.25, -0.2) is 9.78 Å². The lowest BCUT2D eigenvalue weighted by Gasteiger charge is -2.24. The molecule has 0 aromatic carbocycles. The summed E-state index contributed by atoms with van der Waals surface area (Å²) in [4.78, 5) is 28.0. The van der Waals surface area contributed by atoms with Crippen LogP contribution in [-0.4, -0.2) is 60.4 Å². The molecule has 0 spiro atoms. The molecule has 9 heteroatoms. The smallest absolute Gasteiger partial charge is 0.362 e. The SMILES string of the molecule is COC[C@H]1O[C@@H](n2ccnc(C(=O)OC)c2=O)[C@@H]2OC(C)(C)O[C@@H]21. The highest BCUT2D eigenvalue weighted by atomic mass is 16.8. The Morgan fingerprint density at radius 3 is 2.71 bits per heavy atom. The summed E-state index contributed by atoms with van der Waals surface area (Å²) >= 11 is 0. The van der Waals surface area contributed by atoms with Gasteiger partial charge in [0.1, 0.15) is 18.3 Å². The predicted molar refractivity (Wildman–Crippen MR) is 79.4 cm³/mol. The van der Waals surface area contributed by atoms with Gasteiger partial charge in [0.05, 0.1) is 13.7 Å². The Kier molecular flexibility index (Phi) is 4.43. The molecule has 0 bridgehead atoms. The summed E-state index contributed by atoms with van der Waals surface area (Å²) in [5.41, 5.74) is -0.923. The van der Waals surface area contributed by atoms with E-state index in [-0.39, 0.29) is 11.8 Å². The zero-order valence-corrected chi connectivity index (χ0v) is 13.9. The third-order valence-electron chi connectivity index (χ3n) is 3.98. The topological polar surface area (TPSA) is 98.1 Å². The maximum atomic E-state index is 12.6. The average molecular weight is 340 g/mol. The van der Waals surface area contributed by atoms with Gasteiger partial charge in [-0.2, -0.15) is 0 Å². The molecule has 2 aliphatic heterocycles. The van der Waals surface area contributed by atoms with Gasteiger partial charge in [0, 0.05) is 19.5 Å². The number of methoxy groups -OCH3 is 2. The van der Waals surface area contributed by atoms with Crippen molar-refractivity contribution < 1.29 is 28.5 Å². The van der Waals surface area contributed by atoms with Gasteiger partial charge in [-0.1, -0.05) is 0 Å².